The number of aliphatic hydroxyl groups excluding tert-OH is 1. The normalized spacial score (nSPS) is 28.8. The fourth-order valence-corrected chi connectivity index (χ4v) is 9.38. The van der Waals surface area contributed by atoms with Crippen molar-refractivity contribution in [2.24, 2.45) is 0 Å². The summed E-state index contributed by atoms with van der Waals surface area (Å²) >= 11 is 5.22. The number of aryl methyl sites for hydroxylation is 3. The smallest absolute Gasteiger partial charge is 0.390 e. The Hall–Kier alpha value is -3.37. The minimum absolute atomic E-state index is 0.0882. The van der Waals surface area contributed by atoms with Crippen molar-refractivity contribution in [1.29, 1.82) is 0 Å². The zero-order valence-electron chi connectivity index (χ0n) is 32.0. The summed E-state index contributed by atoms with van der Waals surface area (Å²) in [4.78, 5) is 120. The molecule has 2 unspecified atom stereocenters. The van der Waals surface area contributed by atoms with Crippen LogP contribution in [0.3, 0.4) is 0 Å². The third-order valence-electron chi connectivity index (χ3n) is 9.68. The molecule has 0 aliphatic carbocycles. The lowest BCUT2D eigenvalue weighted by atomic mass is 10.2. The molecule has 3 saturated heterocycles. The van der Waals surface area contributed by atoms with Crippen LogP contribution in [0.4, 0.5) is 0 Å². The fraction of sp³-hybridized carbons (Fsp3) is 0.600. The van der Waals surface area contributed by atoms with Gasteiger partial charge in [-0.15, -0.1) is 0 Å². The van der Waals surface area contributed by atoms with Gasteiger partial charge in [0.2, 0.25) is 0 Å². The Balaban J connectivity index is 1.16. The number of hydrogen-bond acceptors (Lipinski definition) is 18. The van der Waals surface area contributed by atoms with Crippen molar-refractivity contribution in [3.8, 4) is 0 Å². The number of aromatic amines is 3. The molecule has 338 valence electrons. The first-order valence-corrected chi connectivity index (χ1v) is 23.6. The molecular formula is C30H41N6O21P3S. The number of phosphoric acid groups is 2. The largest absolute Gasteiger partial charge is 0.472 e. The Kier molecular flexibility index (Phi) is 14.2. The first kappa shape index (κ1) is 47.1. The van der Waals surface area contributed by atoms with Crippen molar-refractivity contribution in [3.05, 3.63) is 97.8 Å². The number of nitrogens with zero attached hydrogens (tertiary/aromatic N) is 3. The van der Waals surface area contributed by atoms with Gasteiger partial charge in [0.05, 0.1) is 32.0 Å². The summed E-state index contributed by atoms with van der Waals surface area (Å²) in [5, 5.41) is 10.7. The highest BCUT2D eigenvalue weighted by Gasteiger charge is 2.46. The van der Waals surface area contributed by atoms with Crippen molar-refractivity contribution < 1.29 is 70.6 Å². The molecule has 0 spiro atoms. The monoisotopic (exact) mass is 946 g/mol. The molecule has 31 heteroatoms. The van der Waals surface area contributed by atoms with E-state index in [1.807, 2.05) is 0 Å². The summed E-state index contributed by atoms with van der Waals surface area (Å²) in [7, 11) is -10.3. The second-order valence-corrected chi connectivity index (χ2v) is 19.6. The molecule has 8 N–H and O–H groups in total. The van der Waals surface area contributed by atoms with Gasteiger partial charge in [-0.25, -0.2) is 23.5 Å². The maximum atomic E-state index is 13.4. The van der Waals surface area contributed by atoms with Crippen molar-refractivity contribution >= 4 is 34.2 Å². The molecule has 27 nitrogen and oxygen atoms in total. The van der Waals surface area contributed by atoms with E-state index < -0.39 is 138 Å². The number of nitrogens with one attached hydrogen (secondary N) is 3. The second kappa shape index (κ2) is 18.4. The topological polar surface area (TPSA) is 374 Å². The van der Waals surface area contributed by atoms with Crippen molar-refractivity contribution in [1.82, 2.24) is 28.7 Å². The van der Waals surface area contributed by atoms with E-state index in [1.54, 1.807) is 0 Å². The first-order valence-electron chi connectivity index (χ1n) is 18.0. The molecule has 3 fully saturated rings. The van der Waals surface area contributed by atoms with Gasteiger partial charge in [-0.3, -0.25) is 56.6 Å². The van der Waals surface area contributed by atoms with E-state index in [2.05, 4.69) is 19.5 Å². The number of phosphoric ester groups is 2. The van der Waals surface area contributed by atoms with E-state index in [0.29, 0.717) is 0 Å². The Morgan fingerprint density at radius 1 is 0.623 bits per heavy atom. The molecule has 3 aliphatic heterocycles. The van der Waals surface area contributed by atoms with Gasteiger partial charge in [-0.2, -0.15) is 0 Å². The summed E-state index contributed by atoms with van der Waals surface area (Å²) in [5.74, 6) is 0. The summed E-state index contributed by atoms with van der Waals surface area (Å²) in [6.45, 7) is -2.43. The molecule has 3 aliphatic rings. The van der Waals surface area contributed by atoms with Crippen LogP contribution in [0.2, 0.25) is 0 Å². The lowest BCUT2D eigenvalue weighted by Gasteiger charge is -2.26. The molecule has 3 aromatic heterocycles. The molecule has 0 radical (unpaired) electrons. The van der Waals surface area contributed by atoms with Gasteiger partial charge >= 0.3 is 39.4 Å². The molecule has 0 bridgehead atoms. The molecule has 61 heavy (non-hydrogen) atoms. The number of hydrogen-bond donors (Lipinski definition) is 8. The SMILES string of the molecule is Cc1cn([C@H]2C[C@H](OP(=O)(O)OC[C@H]3O[C@@H](n4cc(C)c(=O)[nH]c4=O)C[C@@H]3OP(O)(=S)OC[C@H]3O[C@@H](n4cc(C)c(=O)[nH]c4=O)C[C@@H]3O)[C@@H](COP(=O)(O)O)O2)c(=O)[nH]c1=O. The molecule has 3 aromatic rings. The van der Waals surface area contributed by atoms with Crippen LogP contribution in [0.25, 0.3) is 0 Å². The molecule has 11 atom stereocenters. The Labute approximate surface area is 345 Å². The van der Waals surface area contributed by atoms with Crippen LogP contribution in [0, 0.1) is 20.8 Å². The first-order chi connectivity index (χ1) is 28.4. The Bertz CT molecular complexity index is 2640. The highest BCUT2D eigenvalue weighted by Crippen LogP contribution is 2.52. The molecular weight excluding hydrogens is 905 g/mol. The summed E-state index contributed by atoms with van der Waals surface area (Å²) in [6.07, 6.45) is -9.06. The molecule has 0 amide bonds. The highest BCUT2D eigenvalue weighted by molar-refractivity contribution is 8.07. The summed E-state index contributed by atoms with van der Waals surface area (Å²) in [6, 6.07) is 0. The van der Waals surface area contributed by atoms with Crippen LogP contribution in [-0.2, 0) is 57.8 Å². The van der Waals surface area contributed by atoms with Crippen molar-refractivity contribution in [2.45, 2.75) is 95.3 Å². The Morgan fingerprint density at radius 2 is 1.00 bits per heavy atom. The lowest BCUT2D eigenvalue weighted by molar-refractivity contribution is -0.0589. The van der Waals surface area contributed by atoms with Crippen LogP contribution in [0.15, 0.2) is 47.4 Å². The Morgan fingerprint density at radius 3 is 1.44 bits per heavy atom. The van der Waals surface area contributed by atoms with Gasteiger partial charge in [-0.05, 0) is 32.6 Å². The minimum atomic E-state index is -5.24. The number of rotatable bonds is 16. The number of ether oxygens (including phenoxy) is 3. The van der Waals surface area contributed by atoms with E-state index in [0.717, 1.165) is 19.9 Å². The van der Waals surface area contributed by atoms with Gasteiger partial charge in [0.1, 0.15) is 43.1 Å². The van der Waals surface area contributed by atoms with Crippen molar-refractivity contribution in [2.75, 3.05) is 19.8 Å². The van der Waals surface area contributed by atoms with Gasteiger partial charge in [0.25, 0.3) is 16.7 Å². The van der Waals surface area contributed by atoms with Crippen LogP contribution >= 0.6 is 22.4 Å². The number of aliphatic hydroxyl groups is 1. The standard InChI is InChI=1S/C30H41N6O21P3S/c1-13-7-34(28(41)31-25(13)38)22-4-16(37)19(53-22)10-52-60(49,61)57-18-6-24(36-9-15(3)27(40)33-30(36)43)55-21(18)12-51-59(47,48)56-17-5-23(54-20(17)11-50-58(44,45)46)35-8-14(2)26(39)32-29(35)42/h7-9,16-24,37H,4-6,10-12H2,1-3H3,(H,47,48)(H,49,61)(H,31,38,41)(H,32,39,42)(H,33,40,43)(H2,44,45,46)/t16-,17-,18-,19+,20+,21+,22+,23+,24+,60?/m0/s1. The van der Waals surface area contributed by atoms with Crippen LogP contribution < -0.4 is 33.7 Å². The highest BCUT2D eigenvalue weighted by atomic mass is 32.5. The average molecular weight is 947 g/mol. The van der Waals surface area contributed by atoms with E-state index in [4.69, 9.17) is 44.1 Å². The summed E-state index contributed by atoms with van der Waals surface area (Å²) in [5.41, 5.74) is -4.24. The number of aromatic nitrogens is 6. The van der Waals surface area contributed by atoms with Crippen LogP contribution in [0.5, 0.6) is 0 Å². The van der Waals surface area contributed by atoms with Gasteiger partial charge in [0, 0.05) is 54.5 Å². The molecule has 6 rings (SSSR count). The fourth-order valence-electron chi connectivity index (χ4n) is 6.61. The van der Waals surface area contributed by atoms with E-state index in [-0.39, 0.29) is 29.5 Å². The van der Waals surface area contributed by atoms with E-state index in [1.165, 1.54) is 33.2 Å². The van der Waals surface area contributed by atoms with Gasteiger partial charge in [-0.1, -0.05) is 0 Å². The molecule has 6 heterocycles. The third kappa shape index (κ3) is 11.6. The zero-order valence-corrected chi connectivity index (χ0v) is 35.5. The maximum Gasteiger partial charge on any atom is 0.472 e. The zero-order chi connectivity index (χ0) is 44.8. The van der Waals surface area contributed by atoms with E-state index in [9.17, 15) is 62.6 Å². The van der Waals surface area contributed by atoms with Crippen LogP contribution in [-0.4, -0.2) is 110 Å². The van der Waals surface area contributed by atoms with Gasteiger partial charge < -0.3 is 47.9 Å². The third-order valence-corrected chi connectivity index (χ3v) is 12.8. The number of H-pyrrole nitrogens is 3. The second-order valence-electron chi connectivity index (χ2n) is 14.2. The molecule has 0 saturated carbocycles. The van der Waals surface area contributed by atoms with Crippen molar-refractivity contribution in [3.63, 3.8) is 0 Å². The van der Waals surface area contributed by atoms with Gasteiger partial charge in [0.15, 0.2) is 0 Å². The van der Waals surface area contributed by atoms with E-state index >= 15 is 0 Å². The average Bonchev–Trinajstić information content (AvgIpc) is 3.85. The predicted molar refractivity (Wildman–Crippen MR) is 206 cm³/mol. The lowest BCUT2D eigenvalue weighted by Crippen LogP contribution is -2.33. The molecule has 0 aromatic carbocycles. The minimum Gasteiger partial charge on any atom is -0.390 e. The summed E-state index contributed by atoms with van der Waals surface area (Å²) < 4.78 is 71.5. The quantitative estimate of drug-likeness (QED) is 0.0721. The van der Waals surface area contributed by atoms with Crippen LogP contribution in [0.1, 0.15) is 54.6 Å². The maximum absolute atomic E-state index is 13.4. The predicted octanol–water partition coefficient (Wildman–Crippen LogP) is -1.98.